The van der Waals surface area contributed by atoms with Gasteiger partial charge in [0.15, 0.2) is 0 Å². The minimum Gasteiger partial charge on any atom is -0.310 e. The van der Waals surface area contributed by atoms with E-state index in [1.807, 2.05) is 0 Å². The number of hydrogen-bond donors (Lipinski definition) is 0. The lowest BCUT2D eigenvalue weighted by atomic mass is 9.84. The second-order valence-corrected chi connectivity index (χ2v) is 15.8. The van der Waals surface area contributed by atoms with Crippen molar-refractivity contribution in [2.24, 2.45) is 0 Å². The molecule has 5 aromatic rings. The third-order valence-corrected chi connectivity index (χ3v) is 9.43. The molecule has 0 saturated carbocycles. The summed E-state index contributed by atoms with van der Waals surface area (Å²) in [5.74, 6) is 0. The highest BCUT2D eigenvalue weighted by Crippen LogP contribution is 2.44. The second kappa shape index (κ2) is 12.8. The fraction of sp³-hybridized carbons (Fsp3) is 0.302. The lowest BCUT2D eigenvalue weighted by molar-refractivity contribution is 0.589. The Kier molecular flexibility index (Phi) is 9.30. The Bertz CT molecular complexity index is 1650. The smallest absolute Gasteiger partial charge is 0.0520 e. The topological polar surface area (TPSA) is 6.48 Å². The molecule has 5 aromatic carbocycles. The zero-order chi connectivity index (χ0) is 33.6. The summed E-state index contributed by atoms with van der Waals surface area (Å²) < 4.78 is 1.07. The molecule has 238 valence electrons. The van der Waals surface area contributed by atoms with Crippen LogP contribution in [0.5, 0.6) is 0 Å². The van der Waals surface area contributed by atoms with Crippen LogP contribution in [0.25, 0.3) is 0 Å². The van der Waals surface area contributed by atoms with Crippen LogP contribution in [-0.2, 0) is 10.8 Å². The molecule has 0 spiro atoms. The first-order valence-electron chi connectivity index (χ1n) is 16.3. The summed E-state index contributed by atoms with van der Waals surface area (Å²) in [7, 11) is 0. The Morgan fingerprint density at radius 2 is 0.674 bits per heavy atom. The number of hydrogen-bond acceptors (Lipinski definition) is 2. The molecule has 2 nitrogen and oxygen atoms in total. The van der Waals surface area contributed by atoms with Gasteiger partial charge in [-0.15, -0.1) is 0 Å². The van der Waals surface area contributed by atoms with Crippen LogP contribution in [0.3, 0.4) is 0 Å². The SMILES string of the molecule is Cc1ccc(N(c2ccc(N(c3ccc(Br)cc3)c3c(C)cc(C(C)(C)C)cc3C)cc2)c2c(C)cc(C(C)(C)C)cc2C)cc1. The van der Waals surface area contributed by atoms with Crippen molar-refractivity contribution in [1.82, 2.24) is 0 Å². The van der Waals surface area contributed by atoms with Crippen molar-refractivity contribution >= 4 is 50.1 Å². The predicted octanol–water partition coefficient (Wildman–Crippen LogP) is 13.5. The fourth-order valence-corrected chi connectivity index (χ4v) is 6.60. The van der Waals surface area contributed by atoms with Crippen molar-refractivity contribution in [3.63, 3.8) is 0 Å². The molecule has 0 N–H and O–H groups in total. The summed E-state index contributed by atoms with van der Waals surface area (Å²) in [6.07, 6.45) is 0. The highest BCUT2D eigenvalue weighted by molar-refractivity contribution is 9.10. The van der Waals surface area contributed by atoms with E-state index in [4.69, 9.17) is 0 Å². The molecule has 0 aliphatic carbocycles. The average Bonchev–Trinajstić information content (AvgIpc) is 2.97. The maximum absolute atomic E-state index is 3.64. The monoisotopic (exact) mass is 672 g/mol. The quantitative estimate of drug-likeness (QED) is 0.177. The minimum atomic E-state index is 0.0823. The van der Waals surface area contributed by atoms with E-state index in [1.54, 1.807) is 0 Å². The van der Waals surface area contributed by atoms with E-state index < -0.39 is 0 Å². The number of rotatable bonds is 6. The Balaban J connectivity index is 1.67. The molecular weight excluding hydrogens is 624 g/mol. The van der Waals surface area contributed by atoms with E-state index >= 15 is 0 Å². The summed E-state index contributed by atoms with van der Waals surface area (Å²) in [4.78, 5) is 4.82. The molecule has 0 fully saturated rings. The van der Waals surface area contributed by atoms with Gasteiger partial charge >= 0.3 is 0 Å². The van der Waals surface area contributed by atoms with Crippen molar-refractivity contribution in [3.8, 4) is 0 Å². The van der Waals surface area contributed by atoms with Crippen molar-refractivity contribution in [3.05, 3.63) is 140 Å². The van der Waals surface area contributed by atoms with Gasteiger partial charge in [0.1, 0.15) is 0 Å². The molecule has 0 radical (unpaired) electrons. The normalized spacial score (nSPS) is 11.9. The first-order valence-corrected chi connectivity index (χ1v) is 17.1. The second-order valence-electron chi connectivity index (χ2n) is 14.9. The van der Waals surface area contributed by atoms with Gasteiger partial charge in [-0.1, -0.05) is 99.4 Å². The van der Waals surface area contributed by atoms with Crippen molar-refractivity contribution < 1.29 is 0 Å². The van der Waals surface area contributed by atoms with Crippen molar-refractivity contribution in [2.75, 3.05) is 9.80 Å². The minimum absolute atomic E-state index is 0.0823. The summed E-state index contributed by atoms with van der Waals surface area (Å²) in [5.41, 5.74) is 16.2. The van der Waals surface area contributed by atoms with E-state index in [-0.39, 0.29) is 10.8 Å². The van der Waals surface area contributed by atoms with Crippen LogP contribution in [0.15, 0.2) is 102 Å². The molecule has 0 saturated heterocycles. The predicted molar refractivity (Wildman–Crippen MR) is 205 cm³/mol. The molecule has 0 unspecified atom stereocenters. The molecule has 0 aliphatic rings. The van der Waals surface area contributed by atoms with Crippen LogP contribution < -0.4 is 9.80 Å². The lowest BCUT2D eigenvalue weighted by Crippen LogP contribution is -2.17. The lowest BCUT2D eigenvalue weighted by Gasteiger charge is -2.32. The Morgan fingerprint density at radius 1 is 0.413 bits per heavy atom. The van der Waals surface area contributed by atoms with Gasteiger partial charge in [0.2, 0.25) is 0 Å². The van der Waals surface area contributed by atoms with Gasteiger partial charge in [0, 0.05) is 27.2 Å². The number of nitrogens with zero attached hydrogens (tertiary/aromatic N) is 2. The largest absolute Gasteiger partial charge is 0.310 e. The van der Waals surface area contributed by atoms with Gasteiger partial charge < -0.3 is 9.80 Å². The maximum Gasteiger partial charge on any atom is 0.0520 e. The van der Waals surface area contributed by atoms with E-state index in [2.05, 4.69) is 199 Å². The van der Waals surface area contributed by atoms with Crippen LogP contribution in [-0.4, -0.2) is 0 Å². The molecule has 46 heavy (non-hydrogen) atoms. The summed E-state index contributed by atoms with van der Waals surface area (Å²) in [6.45, 7) is 24.8. The third kappa shape index (κ3) is 6.95. The highest BCUT2D eigenvalue weighted by Gasteiger charge is 2.24. The first-order chi connectivity index (χ1) is 21.5. The Morgan fingerprint density at radius 3 is 0.957 bits per heavy atom. The molecule has 0 aliphatic heterocycles. The molecule has 5 rings (SSSR count). The van der Waals surface area contributed by atoms with Gasteiger partial charge in [-0.2, -0.15) is 0 Å². The van der Waals surface area contributed by atoms with Gasteiger partial charge in [-0.05, 0) is 139 Å². The third-order valence-electron chi connectivity index (χ3n) is 8.90. The molecule has 0 atom stereocenters. The zero-order valence-electron chi connectivity index (χ0n) is 29.5. The van der Waals surface area contributed by atoms with Crippen molar-refractivity contribution in [1.29, 1.82) is 0 Å². The van der Waals surface area contributed by atoms with Gasteiger partial charge in [0.05, 0.1) is 11.4 Å². The molecule has 0 amide bonds. The summed E-state index contributed by atoms with van der Waals surface area (Å²) >= 11 is 3.64. The molecule has 0 bridgehead atoms. The number of anilines is 6. The van der Waals surface area contributed by atoms with Crippen LogP contribution in [0.2, 0.25) is 0 Å². The molecule has 3 heteroatoms. The molecule has 0 heterocycles. The average molecular weight is 674 g/mol. The maximum atomic E-state index is 3.64. The molecular formula is C43H49BrN2. The number of aryl methyl sites for hydroxylation is 5. The van der Waals surface area contributed by atoms with E-state index in [0.29, 0.717) is 0 Å². The van der Waals surface area contributed by atoms with E-state index in [1.165, 1.54) is 50.3 Å². The highest BCUT2D eigenvalue weighted by atomic mass is 79.9. The number of benzene rings is 5. The van der Waals surface area contributed by atoms with Gasteiger partial charge in [-0.3, -0.25) is 0 Å². The van der Waals surface area contributed by atoms with Crippen LogP contribution >= 0.6 is 15.9 Å². The summed E-state index contributed by atoms with van der Waals surface area (Å²) in [5, 5.41) is 0. The number of halogens is 1. The zero-order valence-corrected chi connectivity index (χ0v) is 31.1. The van der Waals surface area contributed by atoms with E-state index in [9.17, 15) is 0 Å². The van der Waals surface area contributed by atoms with Crippen LogP contribution in [0, 0.1) is 34.6 Å². The van der Waals surface area contributed by atoms with Crippen molar-refractivity contribution in [2.45, 2.75) is 87.0 Å². The molecule has 0 aromatic heterocycles. The Hall–Kier alpha value is -3.82. The van der Waals surface area contributed by atoms with E-state index in [0.717, 1.165) is 27.2 Å². The van der Waals surface area contributed by atoms with Crippen LogP contribution in [0.1, 0.15) is 80.5 Å². The fourth-order valence-electron chi connectivity index (χ4n) is 6.33. The van der Waals surface area contributed by atoms with Gasteiger partial charge in [-0.25, -0.2) is 0 Å². The van der Waals surface area contributed by atoms with Gasteiger partial charge in [0.25, 0.3) is 0 Å². The standard InChI is InChI=1S/C43H49BrN2/c1-28-12-16-36(17-13-28)45(40-29(2)24-33(25-30(40)3)42(6,7)8)38-20-22-39(23-21-38)46(37-18-14-35(44)15-19-37)41-31(4)26-34(27-32(41)5)43(9,10)11/h12-27H,1-11H3. The summed E-state index contributed by atoms with van der Waals surface area (Å²) in [6, 6.07) is 36.0. The van der Waals surface area contributed by atoms with Crippen LogP contribution in [0.4, 0.5) is 34.1 Å². The first kappa shape index (κ1) is 33.5. The Labute approximate surface area is 286 Å².